The maximum absolute atomic E-state index is 12.3. The Morgan fingerprint density at radius 3 is 2.06 bits per heavy atom. The van der Waals surface area contributed by atoms with E-state index in [9.17, 15) is 9.59 Å². The zero-order valence-electron chi connectivity index (χ0n) is 10.1. The number of allylic oxidation sites excluding steroid dienone is 2. The molecule has 17 heavy (non-hydrogen) atoms. The van der Waals surface area contributed by atoms with E-state index in [2.05, 4.69) is 0 Å². The van der Waals surface area contributed by atoms with E-state index >= 15 is 0 Å². The first-order valence-corrected chi connectivity index (χ1v) is 6.46. The molecular weight excluding hydrogens is 232 g/mol. The monoisotopic (exact) mass is 246 g/mol. The summed E-state index contributed by atoms with van der Waals surface area (Å²) in [6, 6.07) is 7.03. The number of rotatable bonds is 2. The van der Waals surface area contributed by atoms with Gasteiger partial charge in [-0.05, 0) is 6.92 Å². The van der Waals surface area contributed by atoms with Crippen LogP contribution < -0.4 is 0 Å². The summed E-state index contributed by atoms with van der Waals surface area (Å²) in [5.74, 6) is -0.0419. The Balaban J connectivity index is 2.54. The smallest absolute Gasteiger partial charge is 0.200 e. The Morgan fingerprint density at radius 1 is 1.00 bits per heavy atom. The van der Waals surface area contributed by atoms with E-state index in [0.29, 0.717) is 26.9 Å². The van der Waals surface area contributed by atoms with Crippen LogP contribution in [-0.4, -0.2) is 16.8 Å². The van der Waals surface area contributed by atoms with E-state index in [-0.39, 0.29) is 11.6 Å². The lowest BCUT2D eigenvalue weighted by atomic mass is 9.90. The van der Waals surface area contributed by atoms with Crippen molar-refractivity contribution < 1.29 is 9.59 Å². The Labute approximate surface area is 105 Å². The third kappa shape index (κ3) is 2.07. The van der Waals surface area contributed by atoms with Crippen LogP contribution in [0.4, 0.5) is 0 Å². The topological polar surface area (TPSA) is 34.1 Å². The number of thioether (sulfide) groups is 1. The largest absolute Gasteiger partial charge is 0.289 e. The Hall–Kier alpha value is -1.35. The fourth-order valence-corrected chi connectivity index (χ4v) is 2.81. The van der Waals surface area contributed by atoms with Crippen LogP contribution in [0.1, 0.15) is 41.5 Å². The normalized spacial score (nSPS) is 15.5. The quantitative estimate of drug-likeness (QED) is 0.801. The molecule has 2 nitrogen and oxygen atoms in total. The van der Waals surface area contributed by atoms with Crippen molar-refractivity contribution in [3.63, 3.8) is 0 Å². The summed E-state index contributed by atoms with van der Waals surface area (Å²) >= 11 is 1.47. The number of ketones is 2. The summed E-state index contributed by atoms with van der Waals surface area (Å²) in [7, 11) is 0. The van der Waals surface area contributed by atoms with Crippen LogP contribution in [0, 0.1) is 0 Å². The minimum absolute atomic E-state index is 0.0172. The molecule has 3 heteroatoms. The molecule has 0 unspecified atom stereocenters. The molecule has 1 aromatic rings. The average Bonchev–Trinajstić information content (AvgIpc) is 2.31. The molecule has 0 heterocycles. The molecule has 1 aromatic carbocycles. The molecule has 0 fully saturated rings. The van der Waals surface area contributed by atoms with Crippen molar-refractivity contribution in [3.05, 3.63) is 45.9 Å². The van der Waals surface area contributed by atoms with E-state index in [4.69, 9.17) is 0 Å². The first-order chi connectivity index (χ1) is 8.02. The van der Waals surface area contributed by atoms with Gasteiger partial charge in [-0.3, -0.25) is 9.59 Å². The maximum atomic E-state index is 12.3. The SMILES string of the molecule is CC1=C(SC(C)C)C(=O)c2ccccc2C1=O. The van der Waals surface area contributed by atoms with Crippen LogP contribution in [0.3, 0.4) is 0 Å². The number of fused-ring (bicyclic) bond motifs is 1. The molecule has 1 aliphatic carbocycles. The first kappa shape index (κ1) is 12.1. The fraction of sp³-hybridized carbons (Fsp3) is 0.286. The van der Waals surface area contributed by atoms with Crippen molar-refractivity contribution in [3.8, 4) is 0 Å². The molecule has 0 spiro atoms. The molecule has 0 aromatic heterocycles. The van der Waals surface area contributed by atoms with Gasteiger partial charge in [-0.15, -0.1) is 11.8 Å². The molecular formula is C14H14O2S. The van der Waals surface area contributed by atoms with Crippen LogP contribution in [0.15, 0.2) is 34.7 Å². The van der Waals surface area contributed by atoms with Gasteiger partial charge in [0.15, 0.2) is 5.78 Å². The molecule has 0 aliphatic heterocycles. The van der Waals surface area contributed by atoms with Gasteiger partial charge in [0.2, 0.25) is 5.78 Å². The van der Waals surface area contributed by atoms with Gasteiger partial charge in [0, 0.05) is 21.9 Å². The summed E-state index contributed by atoms with van der Waals surface area (Å²) in [4.78, 5) is 25.0. The van der Waals surface area contributed by atoms with E-state index in [1.807, 2.05) is 13.8 Å². The summed E-state index contributed by atoms with van der Waals surface area (Å²) in [6.07, 6.45) is 0. The highest BCUT2D eigenvalue weighted by Gasteiger charge is 2.30. The second kappa shape index (κ2) is 4.49. The molecule has 0 N–H and O–H groups in total. The molecule has 0 atom stereocenters. The highest BCUT2D eigenvalue weighted by molar-refractivity contribution is 8.04. The summed E-state index contributed by atoms with van der Waals surface area (Å²) in [5.41, 5.74) is 1.64. The van der Waals surface area contributed by atoms with Crippen molar-refractivity contribution in [2.45, 2.75) is 26.0 Å². The van der Waals surface area contributed by atoms with Crippen molar-refractivity contribution in [2.24, 2.45) is 0 Å². The number of Topliss-reactive ketones (excluding diaryl/α,β-unsaturated/α-hetero) is 2. The third-order valence-corrected chi connectivity index (χ3v) is 3.86. The summed E-state index contributed by atoms with van der Waals surface area (Å²) in [6.45, 7) is 5.77. The number of hydrogen-bond donors (Lipinski definition) is 0. The Morgan fingerprint density at radius 2 is 1.53 bits per heavy atom. The molecule has 0 saturated carbocycles. The zero-order valence-corrected chi connectivity index (χ0v) is 10.9. The third-order valence-electron chi connectivity index (χ3n) is 2.66. The van der Waals surface area contributed by atoms with Gasteiger partial charge in [-0.2, -0.15) is 0 Å². The van der Waals surface area contributed by atoms with E-state index in [0.717, 1.165) is 0 Å². The van der Waals surface area contributed by atoms with E-state index in [1.54, 1.807) is 31.2 Å². The zero-order chi connectivity index (χ0) is 12.6. The Bertz CT molecular complexity index is 527. The van der Waals surface area contributed by atoms with Gasteiger partial charge in [0.1, 0.15) is 0 Å². The fourth-order valence-electron chi connectivity index (χ4n) is 1.85. The summed E-state index contributed by atoms with van der Waals surface area (Å²) in [5, 5.41) is 0.293. The predicted octanol–water partition coefficient (Wildman–Crippen LogP) is 3.48. The second-order valence-corrected chi connectivity index (χ2v) is 5.91. The standard InChI is InChI=1S/C14H14O2S/c1-8(2)17-14-9(3)12(15)10-6-4-5-7-11(10)13(14)16/h4-8H,1-3H3. The van der Waals surface area contributed by atoms with Crippen LogP contribution in [0.5, 0.6) is 0 Å². The lowest BCUT2D eigenvalue weighted by molar-refractivity contribution is 0.0981. The molecule has 1 aliphatic rings. The Kier molecular flexibility index (Phi) is 3.20. The number of hydrogen-bond acceptors (Lipinski definition) is 3. The highest BCUT2D eigenvalue weighted by Crippen LogP contribution is 2.34. The number of carbonyl (C=O) groups is 2. The first-order valence-electron chi connectivity index (χ1n) is 5.58. The lowest BCUT2D eigenvalue weighted by Gasteiger charge is -2.19. The van der Waals surface area contributed by atoms with E-state index < -0.39 is 0 Å². The molecule has 2 rings (SSSR count). The van der Waals surface area contributed by atoms with Crippen LogP contribution in [-0.2, 0) is 0 Å². The van der Waals surface area contributed by atoms with Gasteiger partial charge in [-0.1, -0.05) is 38.1 Å². The van der Waals surface area contributed by atoms with Gasteiger partial charge >= 0.3 is 0 Å². The van der Waals surface area contributed by atoms with Crippen molar-refractivity contribution in [1.82, 2.24) is 0 Å². The van der Waals surface area contributed by atoms with Crippen LogP contribution >= 0.6 is 11.8 Å². The number of benzene rings is 1. The van der Waals surface area contributed by atoms with Gasteiger partial charge in [-0.25, -0.2) is 0 Å². The van der Waals surface area contributed by atoms with Crippen molar-refractivity contribution >= 4 is 23.3 Å². The number of carbonyl (C=O) groups excluding carboxylic acids is 2. The molecule has 0 amide bonds. The molecule has 88 valence electrons. The minimum Gasteiger partial charge on any atom is -0.289 e. The average molecular weight is 246 g/mol. The van der Waals surface area contributed by atoms with Crippen molar-refractivity contribution in [2.75, 3.05) is 0 Å². The van der Waals surface area contributed by atoms with Gasteiger partial charge in [0.25, 0.3) is 0 Å². The molecule has 0 saturated heterocycles. The minimum atomic E-state index is -0.0247. The summed E-state index contributed by atoms with van der Waals surface area (Å²) < 4.78 is 0. The molecule has 0 bridgehead atoms. The van der Waals surface area contributed by atoms with Crippen LogP contribution in [0.25, 0.3) is 0 Å². The van der Waals surface area contributed by atoms with Gasteiger partial charge < -0.3 is 0 Å². The van der Waals surface area contributed by atoms with E-state index in [1.165, 1.54) is 11.8 Å². The van der Waals surface area contributed by atoms with Crippen molar-refractivity contribution in [1.29, 1.82) is 0 Å². The van der Waals surface area contributed by atoms with Crippen LogP contribution in [0.2, 0.25) is 0 Å². The second-order valence-electron chi connectivity index (χ2n) is 4.32. The highest BCUT2D eigenvalue weighted by atomic mass is 32.2. The maximum Gasteiger partial charge on any atom is 0.200 e. The molecule has 0 radical (unpaired) electrons. The van der Waals surface area contributed by atoms with Gasteiger partial charge in [0.05, 0.1) is 4.91 Å². The lowest BCUT2D eigenvalue weighted by Crippen LogP contribution is -2.20. The predicted molar refractivity (Wildman–Crippen MR) is 70.5 cm³/mol.